The van der Waals surface area contributed by atoms with Gasteiger partial charge in [-0.25, -0.2) is 8.42 Å². The van der Waals surface area contributed by atoms with E-state index in [1.165, 1.54) is 0 Å². The van der Waals surface area contributed by atoms with Gasteiger partial charge in [-0.2, -0.15) is 10.2 Å². The zero-order chi connectivity index (χ0) is 19.5. The van der Waals surface area contributed by atoms with Crippen molar-refractivity contribution in [2.75, 3.05) is 6.54 Å². The summed E-state index contributed by atoms with van der Waals surface area (Å²) in [7, 11) is -3.77. The number of hydrogen-bond donors (Lipinski definition) is 1. The topological polar surface area (TPSA) is 88.0 Å². The van der Waals surface area contributed by atoms with E-state index in [0.717, 1.165) is 18.4 Å². The van der Waals surface area contributed by atoms with Crippen LogP contribution in [-0.2, 0) is 14.6 Å². The summed E-state index contributed by atoms with van der Waals surface area (Å²) in [4.78, 5) is 13.2. The number of terminal acetylenes is 1. The SMILES string of the molecule is C#CCCC1(CCNC(=O)C2(S(=O)(=O)c3ccc(C)cc3)CCCC2)N=N1. The molecule has 1 N–H and O–H groups in total. The van der Waals surface area contributed by atoms with Crippen LogP contribution in [0.15, 0.2) is 39.4 Å². The predicted molar refractivity (Wildman–Crippen MR) is 103 cm³/mol. The predicted octanol–water partition coefficient (Wildman–Crippen LogP) is 3.16. The van der Waals surface area contributed by atoms with Crippen molar-refractivity contribution in [3.8, 4) is 12.3 Å². The Balaban J connectivity index is 1.71. The molecule has 3 rings (SSSR count). The van der Waals surface area contributed by atoms with E-state index < -0.39 is 26.2 Å². The summed E-state index contributed by atoms with van der Waals surface area (Å²) >= 11 is 0. The number of amides is 1. The van der Waals surface area contributed by atoms with Gasteiger partial charge in [0.1, 0.15) is 0 Å². The number of hydrogen-bond acceptors (Lipinski definition) is 5. The molecule has 6 nitrogen and oxygen atoms in total. The second kappa shape index (κ2) is 7.43. The molecule has 1 heterocycles. The van der Waals surface area contributed by atoms with Crippen LogP contribution in [-0.4, -0.2) is 31.3 Å². The molecule has 7 heteroatoms. The lowest BCUT2D eigenvalue weighted by molar-refractivity contribution is -0.123. The lowest BCUT2D eigenvalue weighted by atomic mass is 10.0. The molecule has 27 heavy (non-hydrogen) atoms. The van der Waals surface area contributed by atoms with Gasteiger partial charge >= 0.3 is 0 Å². The van der Waals surface area contributed by atoms with Gasteiger partial charge < -0.3 is 5.32 Å². The highest BCUT2D eigenvalue weighted by atomic mass is 32.2. The fourth-order valence-electron chi connectivity index (χ4n) is 3.71. The molecule has 0 spiro atoms. The number of sulfone groups is 1. The van der Waals surface area contributed by atoms with Crippen LogP contribution in [0.25, 0.3) is 0 Å². The van der Waals surface area contributed by atoms with Gasteiger partial charge in [0.25, 0.3) is 0 Å². The molecule has 1 aromatic carbocycles. The summed E-state index contributed by atoms with van der Waals surface area (Å²) < 4.78 is 25.2. The largest absolute Gasteiger partial charge is 0.355 e. The van der Waals surface area contributed by atoms with Crippen LogP contribution in [0.3, 0.4) is 0 Å². The molecule has 2 aliphatic rings. The molecular formula is C20H25N3O3S. The van der Waals surface area contributed by atoms with E-state index in [4.69, 9.17) is 6.42 Å². The first-order valence-corrected chi connectivity index (χ1v) is 10.8. The number of benzene rings is 1. The summed E-state index contributed by atoms with van der Waals surface area (Å²) in [6, 6.07) is 6.71. The molecule has 0 saturated heterocycles. The number of nitrogens with zero attached hydrogens (tertiary/aromatic N) is 2. The van der Waals surface area contributed by atoms with Gasteiger partial charge in [0.05, 0.1) is 4.90 Å². The van der Waals surface area contributed by atoms with Crippen molar-refractivity contribution in [2.45, 2.75) is 67.2 Å². The second-order valence-electron chi connectivity index (χ2n) is 7.41. The highest BCUT2D eigenvalue weighted by Gasteiger charge is 2.53. The summed E-state index contributed by atoms with van der Waals surface area (Å²) in [5.41, 5.74) is 0.492. The third-order valence-electron chi connectivity index (χ3n) is 5.53. The van der Waals surface area contributed by atoms with Gasteiger partial charge in [0, 0.05) is 25.8 Å². The van der Waals surface area contributed by atoms with E-state index in [1.54, 1.807) is 24.3 Å². The van der Waals surface area contributed by atoms with E-state index in [9.17, 15) is 13.2 Å². The van der Waals surface area contributed by atoms with Gasteiger partial charge in [0.15, 0.2) is 20.2 Å². The molecule has 1 amide bonds. The molecule has 1 saturated carbocycles. The lowest BCUT2D eigenvalue weighted by Gasteiger charge is -2.28. The Morgan fingerprint density at radius 2 is 1.81 bits per heavy atom. The quantitative estimate of drug-likeness (QED) is 0.695. The first kappa shape index (κ1) is 19.6. The molecule has 1 aliphatic carbocycles. The number of carbonyl (C=O) groups is 1. The molecule has 1 fully saturated rings. The standard InChI is InChI=1S/C20H25N3O3S/c1-3-4-13-20(22-23-20)14-15-21-18(24)19(11-5-6-12-19)27(25,26)17-9-7-16(2)8-10-17/h1,7-10H,4-6,11-15H2,2H3,(H,21,24). The fraction of sp³-hybridized carbons (Fsp3) is 0.550. The van der Waals surface area contributed by atoms with Crippen molar-refractivity contribution in [3.05, 3.63) is 29.8 Å². The molecule has 1 aliphatic heterocycles. The van der Waals surface area contributed by atoms with Crippen LogP contribution < -0.4 is 5.32 Å². The normalized spacial score (nSPS) is 19.4. The maximum atomic E-state index is 13.3. The van der Waals surface area contributed by atoms with Crippen LogP contribution in [0.4, 0.5) is 0 Å². The average molecular weight is 388 g/mol. The summed E-state index contributed by atoms with van der Waals surface area (Å²) in [5, 5.41) is 10.9. The van der Waals surface area contributed by atoms with Crippen LogP contribution in [0, 0.1) is 19.3 Å². The number of aryl methyl sites for hydroxylation is 1. The first-order valence-electron chi connectivity index (χ1n) is 9.32. The molecule has 0 unspecified atom stereocenters. The number of rotatable bonds is 8. The zero-order valence-corrected chi connectivity index (χ0v) is 16.4. The minimum Gasteiger partial charge on any atom is -0.355 e. The van der Waals surface area contributed by atoms with Gasteiger partial charge in [-0.1, -0.05) is 30.5 Å². The Labute approximate surface area is 160 Å². The number of nitrogens with one attached hydrogen (secondary N) is 1. The highest BCUT2D eigenvalue weighted by Crippen LogP contribution is 2.41. The van der Waals surface area contributed by atoms with Crippen molar-refractivity contribution in [1.29, 1.82) is 0 Å². The fourth-order valence-corrected chi connectivity index (χ4v) is 5.80. The smallest absolute Gasteiger partial charge is 0.241 e. The highest BCUT2D eigenvalue weighted by molar-refractivity contribution is 7.93. The van der Waals surface area contributed by atoms with Crippen molar-refractivity contribution < 1.29 is 13.2 Å². The summed E-state index contributed by atoms with van der Waals surface area (Å²) in [5.74, 6) is 2.16. The van der Waals surface area contributed by atoms with Gasteiger partial charge in [-0.15, -0.1) is 12.3 Å². The third kappa shape index (κ3) is 3.77. The van der Waals surface area contributed by atoms with Gasteiger partial charge in [0.2, 0.25) is 5.91 Å². The Morgan fingerprint density at radius 1 is 1.19 bits per heavy atom. The van der Waals surface area contributed by atoms with Crippen LogP contribution >= 0.6 is 0 Å². The second-order valence-corrected chi connectivity index (χ2v) is 9.67. The van der Waals surface area contributed by atoms with Crippen LogP contribution in [0.1, 0.15) is 50.5 Å². The Hall–Kier alpha value is -2.20. The average Bonchev–Trinajstić information content (AvgIpc) is 3.22. The Kier molecular flexibility index (Phi) is 5.38. The Morgan fingerprint density at radius 3 is 2.37 bits per heavy atom. The van der Waals surface area contributed by atoms with E-state index in [2.05, 4.69) is 21.5 Å². The molecule has 0 radical (unpaired) electrons. The van der Waals surface area contributed by atoms with Crippen molar-refractivity contribution >= 4 is 15.7 Å². The molecule has 0 atom stereocenters. The molecule has 0 bridgehead atoms. The summed E-state index contributed by atoms with van der Waals surface area (Å²) in [6.45, 7) is 2.24. The van der Waals surface area contributed by atoms with Gasteiger partial charge in [-0.05, 0) is 31.9 Å². The lowest BCUT2D eigenvalue weighted by Crippen LogP contribution is -2.51. The maximum absolute atomic E-state index is 13.3. The van der Waals surface area contributed by atoms with E-state index in [1.807, 2.05) is 6.92 Å². The maximum Gasteiger partial charge on any atom is 0.241 e. The zero-order valence-electron chi connectivity index (χ0n) is 15.6. The molecule has 0 aromatic heterocycles. The van der Waals surface area contributed by atoms with Crippen LogP contribution in [0.5, 0.6) is 0 Å². The summed E-state index contributed by atoms with van der Waals surface area (Å²) in [6.07, 6.45) is 9.23. The van der Waals surface area contributed by atoms with Gasteiger partial charge in [-0.3, -0.25) is 4.79 Å². The minimum absolute atomic E-state index is 0.211. The number of carbonyl (C=O) groups excluding carboxylic acids is 1. The molecule has 144 valence electrons. The van der Waals surface area contributed by atoms with E-state index in [-0.39, 0.29) is 4.90 Å². The Bertz CT molecular complexity index is 870. The van der Waals surface area contributed by atoms with E-state index >= 15 is 0 Å². The van der Waals surface area contributed by atoms with Crippen molar-refractivity contribution in [1.82, 2.24) is 5.32 Å². The minimum atomic E-state index is -3.77. The van der Waals surface area contributed by atoms with Crippen molar-refractivity contribution in [3.63, 3.8) is 0 Å². The molecule has 1 aromatic rings. The first-order chi connectivity index (χ1) is 12.9. The van der Waals surface area contributed by atoms with E-state index in [0.29, 0.717) is 38.6 Å². The monoisotopic (exact) mass is 387 g/mol. The molecular weight excluding hydrogens is 362 g/mol. The third-order valence-corrected chi connectivity index (χ3v) is 8.05. The van der Waals surface area contributed by atoms with Crippen molar-refractivity contribution in [2.24, 2.45) is 10.2 Å². The van der Waals surface area contributed by atoms with Crippen LogP contribution in [0.2, 0.25) is 0 Å².